The van der Waals surface area contributed by atoms with E-state index in [4.69, 9.17) is 0 Å². The van der Waals surface area contributed by atoms with Crippen LogP contribution in [0.2, 0.25) is 0 Å². The zero-order valence-corrected chi connectivity index (χ0v) is 22.5. The number of hydrogen-bond donors (Lipinski definition) is 4. The first-order valence-electron chi connectivity index (χ1n) is 13.6. The molecule has 4 N–H and O–H groups in total. The van der Waals surface area contributed by atoms with Crippen LogP contribution in [-0.2, 0) is 30.5 Å². The normalized spacial score (nSPS) is 24.9. The van der Waals surface area contributed by atoms with Gasteiger partial charge in [0, 0.05) is 18.3 Å². The summed E-state index contributed by atoms with van der Waals surface area (Å²) in [6.45, 7) is 3.43. The number of amides is 4. The number of carbonyl (C=O) groups excluding carboxylic acids is 5. The highest BCUT2D eigenvalue weighted by Gasteiger charge is 2.54. The molecule has 0 spiro atoms. The predicted molar refractivity (Wildman–Crippen MR) is 142 cm³/mol. The summed E-state index contributed by atoms with van der Waals surface area (Å²) in [7, 11) is 1.69. The number of hydrogen-bond acceptors (Lipinski definition) is 6. The molecule has 3 aliphatic rings. The number of nitrogens with one attached hydrogen (secondary N) is 4. The summed E-state index contributed by atoms with van der Waals surface area (Å²) in [6.07, 6.45) is 5.69. The molecule has 1 aromatic carbocycles. The minimum atomic E-state index is -0.899. The lowest BCUT2D eigenvalue weighted by Gasteiger charge is -2.35. The number of likely N-dealkylation sites (N-methyl/N-ethyl adjacent to an activating group) is 1. The molecule has 1 aliphatic carbocycles. The van der Waals surface area contributed by atoms with E-state index in [0.29, 0.717) is 31.4 Å². The highest BCUT2D eigenvalue weighted by Crippen LogP contribution is 2.47. The molecule has 38 heavy (non-hydrogen) atoms. The van der Waals surface area contributed by atoms with E-state index in [2.05, 4.69) is 21.3 Å². The van der Waals surface area contributed by atoms with Crippen molar-refractivity contribution in [3.63, 3.8) is 0 Å². The molecule has 4 amide bonds. The Balaban J connectivity index is 1.39. The Morgan fingerprint density at radius 2 is 1.82 bits per heavy atom. The Hall–Kier alpha value is -3.27. The first kappa shape index (κ1) is 27.8. The summed E-state index contributed by atoms with van der Waals surface area (Å²) in [5, 5.41) is 11.6. The fourth-order valence-corrected chi connectivity index (χ4v) is 5.53. The summed E-state index contributed by atoms with van der Waals surface area (Å²) in [6, 6.07) is 5.52. The molecule has 0 aromatic heterocycles. The number of fused-ring (bicyclic) bond motifs is 1. The van der Waals surface area contributed by atoms with E-state index >= 15 is 0 Å². The zero-order valence-electron chi connectivity index (χ0n) is 22.5. The van der Waals surface area contributed by atoms with Crippen LogP contribution in [0.4, 0.5) is 5.69 Å². The molecule has 3 fully saturated rings. The first-order chi connectivity index (χ1) is 18.2. The standard InChI is InChI=1S/C28H39N5O5/c1-17(29-3)24(35)32-22-10-5-4-9-21-11-12-23(33(21)26(22)37)25(36)30-16-19-7-6-8-20(15-19)31-27(38)28(13-14-28)18(2)34/h6-8,15,17,21-23,29H,4-5,9-14,16H2,1-3H3,(H,30,36)(H,31,38)(H,32,35)/t17?,21-,22-,23-/m0/s1. The summed E-state index contributed by atoms with van der Waals surface area (Å²) >= 11 is 0. The maximum Gasteiger partial charge on any atom is 0.246 e. The lowest BCUT2D eigenvalue weighted by atomic mass is 9.98. The van der Waals surface area contributed by atoms with Gasteiger partial charge in [0.1, 0.15) is 23.3 Å². The highest BCUT2D eigenvalue weighted by molar-refractivity contribution is 6.13. The average Bonchev–Trinajstić information content (AvgIpc) is 3.62. The number of carbonyl (C=O) groups is 5. The van der Waals surface area contributed by atoms with Gasteiger partial charge in [-0.05, 0) is 77.1 Å². The van der Waals surface area contributed by atoms with Crippen LogP contribution in [0.5, 0.6) is 0 Å². The van der Waals surface area contributed by atoms with Gasteiger partial charge in [-0.2, -0.15) is 0 Å². The molecule has 1 unspecified atom stereocenters. The van der Waals surface area contributed by atoms with Crippen molar-refractivity contribution in [1.82, 2.24) is 20.9 Å². The Bertz CT molecular complexity index is 1100. The van der Waals surface area contributed by atoms with Crippen molar-refractivity contribution in [2.45, 2.75) is 95.9 Å². The summed E-state index contributed by atoms with van der Waals surface area (Å²) in [4.78, 5) is 65.4. The first-order valence-corrected chi connectivity index (χ1v) is 13.6. The van der Waals surface area contributed by atoms with E-state index in [1.165, 1.54) is 6.92 Å². The Morgan fingerprint density at radius 1 is 1.08 bits per heavy atom. The van der Waals surface area contributed by atoms with Gasteiger partial charge in [0.2, 0.25) is 23.6 Å². The zero-order chi connectivity index (χ0) is 27.4. The van der Waals surface area contributed by atoms with Crippen molar-refractivity contribution in [3.05, 3.63) is 29.8 Å². The van der Waals surface area contributed by atoms with E-state index < -0.39 is 23.5 Å². The van der Waals surface area contributed by atoms with E-state index in [-0.39, 0.29) is 42.0 Å². The topological polar surface area (TPSA) is 137 Å². The molecule has 2 saturated heterocycles. The monoisotopic (exact) mass is 525 g/mol. The van der Waals surface area contributed by atoms with Gasteiger partial charge in [0.25, 0.3) is 0 Å². The molecule has 206 valence electrons. The van der Waals surface area contributed by atoms with Gasteiger partial charge >= 0.3 is 0 Å². The van der Waals surface area contributed by atoms with Gasteiger partial charge in [0.15, 0.2) is 0 Å². The SMILES string of the molecule is CNC(C)C(=O)N[C@H]1CCCC[C@H]2CC[C@@H](C(=O)NCc3cccc(NC(=O)C4(C(C)=O)CC4)c3)N2C1=O. The van der Waals surface area contributed by atoms with Gasteiger partial charge in [-0.25, -0.2) is 0 Å². The third-order valence-electron chi connectivity index (χ3n) is 8.29. The number of nitrogens with zero attached hydrogens (tertiary/aromatic N) is 1. The second-order valence-electron chi connectivity index (χ2n) is 10.9. The maximum atomic E-state index is 13.5. The number of rotatable bonds is 9. The number of anilines is 1. The fraction of sp³-hybridized carbons (Fsp3) is 0.607. The molecule has 10 nitrogen and oxygen atoms in total. The van der Waals surface area contributed by atoms with Crippen molar-refractivity contribution < 1.29 is 24.0 Å². The highest BCUT2D eigenvalue weighted by atomic mass is 16.2. The van der Waals surface area contributed by atoms with Crippen molar-refractivity contribution in [2.75, 3.05) is 12.4 Å². The second kappa shape index (κ2) is 11.6. The van der Waals surface area contributed by atoms with Gasteiger partial charge in [-0.3, -0.25) is 24.0 Å². The minimum absolute atomic E-state index is 0.00534. The number of benzene rings is 1. The molecule has 2 aliphatic heterocycles. The molecular weight excluding hydrogens is 486 g/mol. The van der Waals surface area contributed by atoms with Crippen LogP contribution in [0, 0.1) is 5.41 Å². The van der Waals surface area contributed by atoms with Crippen LogP contribution in [-0.4, -0.2) is 65.5 Å². The van der Waals surface area contributed by atoms with Crippen LogP contribution in [0.15, 0.2) is 24.3 Å². The van der Waals surface area contributed by atoms with Gasteiger partial charge in [-0.1, -0.05) is 25.0 Å². The number of ketones is 1. The van der Waals surface area contributed by atoms with Crippen LogP contribution in [0.1, 0.15) is 70.8 Å². The van der Waals surface area contributed by atoms with Crippen molar-refractivity contribution in [2.24, 2.45) is 5.41 Å². The van der Waals surface area contributed by atoms with E-state index in [1.54, 1.807) is 37.1 Å². The molecule has 10 heteroatoms. The quantitative estimate of drug-likeness (QED) is 0.362. The molecule has 0 radical (unpaired) electrons. The summed E-state index contributed by atoms with van der Waals surface area (Å²) in [5.74, 6) is -1.05. The molecular formula is C28H39N5O5. The third-order valence-corrected chi connectivity index (χ3v) is 8.29. The fourth-order valence-electron chi connectivity index (χ4n) is 5.53. The van der Waals surface area contributed by atoms with Gasteiger partial charge in [-0.15, -0.1) is 0 Å². The average molecular weight is 526 g/mol. The summed E-state index contributed by atoms with van der Waals surface area (Å²) < 4.78 is 0. The Morgan fingerprint density at radius 3 is 2.50 bits per heavy atom. The predicted octanol–water partition coefficient (Wildman–Crippen LogP) is 1.64. The molecule has 1 saturated carbocycles. The van der Waals surface area contributed by atoms with Crippen LogP contribution >= 0.6 is 0 Å². The third kappa shape index (κ3) is 5.90. The van der Waals surface area contributed by atoms with E-state index in [0.717, 1.165) is 31.2 Å². The Kier molecular flexibility index (Phi) is 8.50. The van der Waals surface area contributed by atoms with Crippen molar-refractivity contribution >= 4 is 35.1 Å². The van der Waals surface area contributed by atoms with Crippen LogP contribution < -0.4 is 21.3 Å². The molecule has 4 atom stereocenters. The Labute approximate surface area is 223 Å². The van der Waals surface area contributed by atoms with E-state index in [1.807, 2.05) is 6.07 Å². The van der Waals surface area contributed by atoms with Crippen LogP contribution in [0.25, 0.3) is 0 Å². The summed E-state index contributed by atoms with van der Waals surface area (Å²) in [5.41, 5.74) is 0.469. The van der Waals surface area contributed by atoms with Crippen molar-refractivity contribution in [1.29, 1.82) is 0 Å². The molecule has 4 rings (SSSR count). The number of Topliss-reactive ketones (excluding diaryl/α,β-unsaturated/α-hetero) is 1. The smallest absolute Gasteiger partial charge is 0.246 e. The maximum absolute atomic E-state index is 13.5. The molecule has 1 aromatic rings. The second-order valence-corrected chi connectivity index (χ2v) is 10.9. The molecule has 2 heterocycles. The van der Waals surface area contributed by atoms with Crippen LogP contribution in [0.3, 0.4) is 0 Å². The molecule has 0 bridgehead atoms. The van der Waals surface area contributed by atoms with Crippen molar-refractivity contribution in [3.8, 4) is 0 Å². The lowest BCUT2D eigenvalue weighted by molar-refractivity contribution is -0.144. The lowest BCUT2D eigenvalue weighted by Crippen LogP contribution is -2.57. The van der Waals surface area contributed by atoms with E-state index in [9.17, 15) is 24.0 Å². The largest absolute Gasteiger partial charge is 0.350 e. The minimum Gasteiger partial charge on any atom is -0.350 e. The van der Waals surface area contributed by atoms with Gasteiger partial charge in [0.05, 0.1) is 6.04 Å². The van der Waals surface area contributed by atoms with Gasteiger partial charge < -0.3 is 26.2 Å².